The highest BCUT2D eigenvalue weighted by Crippen LogP contribution is 2.20. The van der Waals surface area contributed by atoms with Gasteiger partial charge in [0.1, 0.15) is 0 Å². The number of halogens is 1. The molecule has 8 nitrogen and oxygen atoms in total. The lowest BCUT2D eigenvalue weighted by atomic mass is 10.0. The normalized spacial score (nSPS) is 16.5. The standard InChI is InChI=1S/C22H33ClN6O2/c1-4-24-22(26-15-19(16(2)3)29-10-12-30-13-11-29)25-9-8-20-27-21(28-31-20)17-6-5-7-18(23)14-17/h5-7,14,16,19H,4,8-13,15H2,1-3H3,(H2,24,25,26). The average Bonchev–Trinajstić information content (AvgIpc) is 3.23. The van der Waals surface area contributed by atoms with Crippen LogP contribution in [0, 0.1) is 5.92 Å². The summed E-state index contributed by atoms with van der Waals surface area (Å²) in [5.74, 6) is 2.44. The minimum absolute atomic E-state index is 0.399. The fourth-order valence-corrected chi connectivity index (χ4v) is 3.76. The first-order valence-corrected chi connectivity index (χ1v) is 11.4. The first kappa shape index (κ1) is 23.5. The average molecular weight is 449 g/mol. The monoisotopic (exact) mass is 448 g/mol. The van der Waals surface area contributed by atoms with Crippen LogP contribution in [-0.4, -0.2) is 73.0 Å². The van der Waals surface area contributed by atoms with Crippen LogP contribution in [0.1, 0.15) is 26.7 Å². The number of aliphatic imine (C=N–C) groups is 1. The molecule has 9 heteroatoms. The predicted molar refractivity (Wildman–Crippen MR) is 123 cm³/mol. The molecule has 1 aliphatic heterocycles. The zero-order chi connectivity index (χ0) is 22.1. The van der Waals surface area contributed by atoms with Crippen molar-refractivity contribution in [3.63, 3.8) is 0 Å². The maximum atomic E-state index is 6.05. The van der Waals surface area contributed by atoms with Gasteiger partial charge in [0.15, 0.2) is 5.96 Å². The topological polar surface area (TPSA) is 87.8 Å². The van der Waals surface area contributed by atoms with E-state index < -0.39 is 0 Å². The molecule has 0 radical (unpaired) electrons. The molecule has 2 N–H and O–H groups in total. The van der Waals surface area contributed by atoms with E-state index in [4.69, 9.17) is 25.9 Å². The zero-order valence-electron chi connectivity index (χ0n) is 18.6. The third-order valence-corrected chi connectivity index (χ3v) is 5.48. The first-order chi connectivity index (χ1) is 15.1. The van der Waals surface area contributed by atoms with E-state index >= 15 is 0 Å². The van der Waals surface area contributed by atoms with Crippen molar-refractivity contribution >= 4 is 17.6 Å². The summed E-state index contributed by atoms with van der Waals surface area (Å²) in [7, 11) is 0. The van der Waals surface area contributed by atoms with E-state index in [2.05, 4.69) is 46.4 Å². The van der Waals surface area contributed by atoms with E-state index in [0.717, 1.165) is 50.9 Å². The van der Waals surface area contributed by atoms with Gasteiger partial charge in [0, 0.05) is 49.2 Å². The molecular weight excluding hydrogens is 416 g/mol. The zero-order valence-corrected chi connectivity index (χ0v) is 19.4. The van der Waals surface area contributed by atoms with Gasteiger partial charge in [-0.15, -0.1) is 0 Å². The van der Waals surface area contributed by atoms with Gasteiger partial charge in [-0.05, 0) is 25.0 Å². The fraction of sp³-hybridized carbons (Fsp3) is 0.591. The highest BCUT2D eigenvalue weighted by Gasteiger charge is 2.23. The number of rotatable bonds is 9. The molecule has 0 saturated carbocycles. The van der Waals surface area contributed by atoms with Gasteiger partial charge < -0.3 is 19.9 Å². The number of ether oxygens (including phenoxy) is 1. The van der Waals surface area contributed by atoms with Crippen molar-refractivity contribution in [3.8, 4) is 11.4 Å². The molecule has 1 atom stereocenters. The second-order valence-corrected chi connectivity index (χ2v) is 8.31. The third-order valence-electron chi connectivity index (χ3n) is 5.25. The molecule has 31 heavy (non-hydrogen) atoms. The summed E-state index contributed by atoms with van der Waals surface area (Å²) in [4.78, 5) is 11.8. The first-order valence-electron chi connectivity index (χ1n) is 11.0. The Balaban J connectivity index is 1.54. The Morgan fingerprint density at radius 2 is 2.06 bits per heavy atom. The van der Waals surface area contributed by atoms with Crippen LogP contribution in [0.5, 0.6) is 0 Å². The van der Waals surface area contributed by atoms with Gasteiger partial charge in [0.05, 0.1) is 19.8 Å². The SMILES string of the molecule is CCNC(=NCC(C(C)C)N1CCOCC1)NCCc1nc(-c2cccc(Cl)c2)no1. The van der Waals surface area contributed by atoms with Gasteiger partial charge in [-0.2, -0.15) is 4.98 Å². The Labute approximate surface area is 189 Å². The number of nitrogens with zero attached hydrogens (tertiary/aromatic N) is 4. The molecular formula is C22H33ClN6O2. The van der Waals surface area contributed by atoms with E-state index in [1.807, 2.05) is 24.3 Å². The van der Waals surface area contributed by atoms with E-state index in [9.17, 15) is 0 Å². The van der Waals surface area contributed by atoms with E-state index in [0.29, 0.717) is 41.7 Å². The quantitative estimate of drug-likeness (QED) is 0.450. The Kier molecular flexibility index (Phi) is 9.12. The molecule has 1 fully saturated rings. The number of guanidine groups is 1. The number of hydrogen-bond acceptors (Lipinski definition) is 6. The van der Waals surface area contributed by atoms with Crippen molar-refractivity contribution in [1.82, 2.24) is 25.7 Å². The molecule has 1 unspecified atom stereocenters. The second kappa shape index (κ2) is 12.0. The van der Waals surface area contributed by atoms with Crippen molar-refractivity contribution in [3.05, 3.63) is 35.2 Å². The third kappa shape index (κ3) is 7.19. The number of morpholine rings is 1. The van der Waals surface area contributed by atoms with Crippen LogP contribution in [0.3, 0.4) is 0 Å². The smallest absolute Gasteiger partial charge is 0.228 e. The highest BCUT2D eigenvalue weighted by molar-refractivity contribution is 6.30. The number of aromatic nitrogens is 2. The Morgan fingerprint density at radius 1 is 1.26 bits per heavy atom. The van der Waals surface area contributed by atoms with Gasteiger partial charge in [-0.3, -0.25) is 9.89 Å². The van der Waals surface area contributed by atoms with Crippen molar-refractivity contribution in [2.75, 3.05) is 45.9 Å². The maximum Gasteiger partial charge on any atom is 0.228 e. The van der Waals surface area contributed by atoms with E-state index in [1.165, 1.54) is 0 Å². The minimum Gasteiger partial charge on any atom is -0.379 e. The molecule has 0 aliphatic carbocycles. The maximum absolute atomic E-state index is 6.05. The lowest BCUT2D eigenvalue weighted by Gasteiger charge is -2.36. The summed E-state index contributed by atoms with van der Waals surface area (Å²) in [5, 5.41) is 11.4. The molecule has 0 bridgehead atoms. The van der Waals surface area contributed by atoms with Crippen LogP contribution in [0.15, 0.2) is 33.8 Å². The summed E-state index contributed by atoms with van der Waals surface area (Å²) in [6, 6.07) is 7.82. The fourth-order valence-electron chi connectivity index (χ4n) is 3.57. The molecule has 2 heterocycles. The van der Waals surface area contributed by atoms with Crippen LogP contribution in [-0.2, 0) is 11.2 Å². The van der Waals surface area contributed by atoms with Crippen molar-refractivity contribution in [2.24, 2.45) is 10.9 Å². The molecule has 3 rings (SSSR count). The van der Waals surface area contributed by atoms with Crippen molar-refractivity contribution in [2.45, 2.75) is 33.2 Å². The molecule has 1 aromatic heterocycles. The lowest BCUT2D eigenvalue weighted by Crippen LogP contribution is -2.48. The summed E-state index contributed by atoms with van der Waals surface area (Å²) >= 11 is 6.05. The van der Waals surface area contributed by atoms with Gasteiger partial charge in [0.25, 0.3) is 0 Å². The number of benzene rings is 1. The van der Waals surface area contributed by atoms with Crippen molar-refractivity contribution in [1.29, 1.82) is 0 Å². The molecule has 0 spiro atoms. The molecule has 1 aliphatic rings. The van der Waals surface area contributed by atoms with Gasteiger partial charge in [0.2, 0.25) is 11.7 Å². The molecule has 2 aromatic rings. The Morgan fingerprint density at radius 3 is 2.77 bits per heavy atom. The summed E-state index contributed by atoms with van der Waals surface area (Å²) in [6.07, 6.45) is 0.606. The predicted octanol–water partition coefficient (Wildman–Crippen LogP) is 2.84. The van der Waals surface area contributed by atoms with Crippen LogP contribution in [0.25, 0.3) is 11.4 Å². The molecule has 170 valence electrons. The highest BCUT2D eigenvalue weighted by atomic mass is 35.5. The second-order valence-electron chi connectivity index (χ2n) is 7.88. The molecule has 1 saturated heterocycles. The number of hydrogen-bond donors (Lipinski definition) is 2. The molecule has 1 aromatic carbocycles. The lowest BCUT2D eigenvalue weighted by molar-refractivity contribution is 0.00867. The summed E-state index contributed by atoms with van der Waals surface area (Å²) < 4.78 is 10.9. The Hall–Kier alpha value is -2.16. The van der Waals surface area contributed by atoms with E-state index in [1.54, 1.807) is 0 Å². The van der Waals surface area contributed by atoms with Crippen LogP contribution < -0.4 is 10.6 Å². The van der Waals surface area contributed by atoms with Crippen molar-refractivity contribution < 1.29 is 9.26 Å². The molecule has 0 amide bonds. The Bertz CT molecular complexity index is 835. The summed E-state index contributed by atoms with van der Waals surface area (Å²) in [6.45, 7) is 12.3. The van der Waals surface area contributed by atoms with Crippen LogP contribution >= 0.6 is 11.6 Å². The van der Waals surface area contributed by atoms with Gasteiger partial charge in [-0.1, -0.05) is 42.7 Å². The van der Waals surface area contributed by atoms with Crippen LogP contribution in [0.2, 0.25) is 5.02 Å². The van der Waals surface area contributed by atoms with Crippen LogP contribution in [0.4, 0.5) is 0 Å². The number of nitrogens with one attached hydrogen (secondary N) is 2. The largest absolute Gasteiger partial charge is 0.379 e. The minimum atomic E-state index is 0.399. The van der Waals surface area contributed by atoms with E-state index in [-0.39, 0.29) is 0 Å². The summed E-state index contributed by atoms with van der Waals surface area (Å²) in [5.41, 5.74) is 0.841. The van der Waals surface area contributed by atoms with Gasteiger partial charge >= 0.3 is 0 Å². The van der Waals surface area contributed by atoms with Gasteiger partial charge in [-0.25, -0.2) is 0 Å².